The Balaban J connectivity index is 1.54. The number of rotatable bonds is 1. The summed E-state index contributed by atoms with van der Waals surface area (Å²) in [6.07, 6.45) is 5.07. The molecule has 3 aliphatic rings. The number of nitrogens with zero attached hydrogens (tertiary/aromatic N) is 1. The lowest BCUT2D eigenvalue weighted by molar-refractivity contribution is -0.0510. The Morgan fingerprint density at radius 2 is 1.89 bits per heavy atom. The molecule has 1 amide bonds. The van der Waals surface area contributed by atoms with Crippen LogP contribution in [0.3, 0.4) is 0 Å². The van der Waals surface area contributed by atoms with Gasteiger partial charge < -0.3 is 9.47 Å². The number of amides is 1. The van der Waals surface area contributed by atoms with E-state index in [0.717, 1.165) is 19.3 Å². The van der Waals surface area contributed by atoms with Crippen LogP contribution in [-0.4, -0.2) is 41.9 Å². The molecular weight excluding hydrogens is 350 g/mol. The van der Waals surface area contributed by atoms with Gasteiger partial charge in [0.2, 0.25) is 0 Å². The lowest BCUT2D eigenvalue weighted by Gasteiger charge is -2.44. The summed E-state index contributed by atoms with van der Waals surface area (Å²) in [5.74, 6) is 0. The highest BCUT2D eigenvalue weighted by Gasteiger charge is 2.40. The van der Waals surface area contributed by atoms with Crippen molar-refractivity contribution in [3.63, 3.8) is 0 Å². The maximum Gasteiger partial charge on any atom is 0.411 e. The number of morpholine rings is 1. The Morgan fingerprint density at radius 3 is 2.64 bits per heavy atom. The van der Waals surface area contributed by atoms with Crippen molar-refractivity contribution in [3.8, 4) is 0 Å². The standard InChI is InChI=1S/C24H27NO3/c1-24(2,3)28-23(26)25-18-11-17(12-19(25)14-27-13-18)20-10-9-16-8-7-15-5-4-6-21(20)22(15)16/h4-6,9-11,18-19H,7-8,12-14H2,1-3H3. The number of aryl methyl sites for hydroxylation is 2. The molecule has 2 aliphatic heterocycles. The van der Waals surface area contributed by atoms with Crippen molar-refractivity contribution >= 4 is 22.4 Å². The Bertz CT molecular complexity index is 975. The molecule has 0 saturated carbocycles. The third kappa shape index (κ3) is 2.91. The lowest BCUT2D eigenvalue weighted by Crippen LogP contribution is -2.57. The van der Waals surface area contributed by atoms with Crippen LogP contribution < -0.4 is 0 Å². The molecule has 4 nitrogen and oxygen atoms in total. The Morgan fingerprint density at radius 1 is 1.11 bits per heavy atom. The molecule has 1 fully saturated rings. The first-order valence-corrected chi connectivity index (χ1v) is 10.2. The van der Waals surface area contributed by atoms with E-state index in [1.54, 1.807) is 0 Å². The van der Waals surface area contributed by atoms with Crippen molar-refractivity contribution in [1.82, 2.24) is 4.90 Å². The van der Waals surface area contributed by atoms with Crippen LogP contribution in [0.1, 0.15) is 43.9 Å². The molecule has 0 N–H and O–H groups in total. The van der Waals surface area contributed by atoms with Gasteiger partial charge in [0.25, 0.3) is 0 Å². The van der Waals surface area contributed by atoms with Gasteiger partial charge in [-0.15, -0.1) is 0 Å². The molecule has 1 aliphatic carbocycles. The lowest BCUT2D eigenvalue weighted by atomic mass is 9.87. The zero-order valence-electron chi connectivity index (χ0n) is 16.8. The van der Waals surface area contributed by atoms with E-state index in [2.05, 4.69) is 36.4 Å². The summed E-state index contributed by atoms with van der Waals surface area (Å²) in [6, 6.07) is 11.2. The number of benzene rings is 2. The van der Waals surface area contributed by atoms with E-state index in [9.17, 15) is 4.79 Å². The minimum absolute atomic E-state index is 0.0247. The number of carbonyl (C=O) groups excluding carboxylic acids is 1. The Labute approximate surface area is 166 Å². The second-order valence-corrected chi connectivity index (χ2v) is 9.15. The van der Waals surface area contributed by atoms with Crippen LogP contribution in [0.4, 0.5) is 4.79 Å². The fourth-order valence-electron chi connectivity index (χ4n) is 4.92. The Hall–Kier alpha value is -2.33. The molecule has 28 heavy (non-hydrogen) atoms. The highest BCUT2D eigenvalue weighted by molar-refractivity contribution is 5.99. The van der Waals surface area contributed by atoms with Gasteiger partial charge in [-0.25, -0.2) is 4.79 Å². The van der Waals surface area contributed by atoms with Gasteiger partial charge in [0.1, 0.15) is 5.60 Å². The molecule has 0 aromatic heterocycles. The highest BCUT2D eigenvalue weighted by Crippen LogP contribution is 2.39. The second kappa shape index (κ2) is 6.35. The molecule has 0 radical (unpaired) electrons. The minimum atomic E-state index is -0.492. The van der Waals surface area contributed by atoms with E-state index < -0.39 is 5.60 Å². The van der Waals surface area contributed by atoms with Crippen molar-refractivity contribution in [3.05, 3.63) is 53.1 Å². The molecule has 2 atom stereocenters. The van der Waals surface area contributed by atoms with E-state index in [-0.39, 0.29) is 18.2 Å². The number of carbonyl (C=O) groups is 1. The number of hydrogen-bond donors (Lipinski definition) is 0. The Kier molecular flexibility index (Phi) is 4.02. The third-order valence-corrected chi connectivity index (χ3v) is 6.03. The van der Waals surface area contributed by atoms with Gasteiger partial charge in [-0.3, -0.25) is 4.90 Å². The number of fused-ring (bicyclic) bond motifs is 2. The first-order chi connectivity index (χ1) is 13.4. The predicted molar refractivity (Wildman–Crippen MR) is 110 cm³/mol. The van der Waals surface area contributed by atoms with Crippen molar-refractivity contribution in [2.24, 2.45) is 0 Å². The molecule has 4 heteroatoms. The van der Waals surface area contributed by atoms with E-state index in [1.165, 1.54) is 33.0 Å². The quantitative estimate of drug-likeness (QED) is 0.721. The highest BCUT2D eigenvalue weighted by atomic mass is 16.6. The first-order valence-electron chi connectivity index (χ1n) is 10.2. The van der Waals surface area contributed by atoms with Crippen molar-refractivity contribution in [1.29, 1.82) is 0 Å². The topological polar surface area (TPSA) is 38.8 Å². The average Bonchev–Trinajstić information content (AvgIpc) is 3.05. The van der Waals surface area contributed by atoms with Crippen LogP contribution in [-0.2, 0) is 22.3 Å². The van der Waals surface area contributed by atoms with Crippen LogP contribution in [0, 0.1) is 0 Å². The molecule has 2 aromatic rings. The fourth-order valence-corrected chi connectivity index (χ4v) is 4.92. The summed E-state index contributed by atoms with van der Waals surface area (Å²) in [4.78, 5) is 14.7. The summed E-state index contributed by atoms with van der Waals surface area (Å²) in [6.45, 7) is 6.83. The second-order valence-electron chi connectivity index (χ2n) is 9.15. The molecule has 2 unspecified atom stereocenters. The third-order valence-electron chi connectivity index (χ3n) is 6.03. The normalized spacial score (nSPS) is 23.7. The van der Waals surface area contributed by atoms with Gasteiger partial charge in [0.15, 0.2) is 0 Å². The smallest absolute Gasteiger partial charge is 0.411 e. The molecular formula is C24H27NO3. The number of ether oxygens (including phenoxy) is 2. The molecule has 146 valence electrons. The van der Waals surface area contributed by atoms with Gasteiger partial charge in [-0.2, -0.15) is 0 Å². The predicted octanol–water partition coefficient (Wildman–Crippen LogP) is 4.73. The molecule has 2 bridgehead atoms. The van der Waals surface area contributed by atoms with E-state index in [0.29, 0.717) is 13.2 Å². The van der Waals surface area contributed by atoms with E-state index in [4.69, 9.17) is 9.47 Å². The summed E-state index contributed by atoms with van der Waals surface area (Å²) in [5, 5.41) is 2.79. The number of hydrogen-bond acceptors (Lipinski definition) is 3. The van der Waals surface area contributed by atoms with Crippen LogP contribution in [0.15, 0.2) is 36.4 Å². The molecule has 0 spiro atoms. The van der Waals surface area contributed by atoms with Gasteiger partial charge in [-0.05, 0) is 73.1 Å². The van der Waals surface area contributed by atoms with Gasteiger partial charge in [-0.1, -0.05) is 36.4 Å². The first kappa shape index (κ1) is 17.7. The summed E-state index contributed by atoms with van der Waals surface area (Å²) in [5.41, 5.74) is 5.07. The van der Waals surface area contributed by atoms with Gasteiger partial charge >= 0.3 is 6.09 Å². The zero-order chi connectivity index (χ0) is 19.5. The van der Waals surface area contributed by atoms with Crippen molar-refractivity contribution in [2.75, 3.05) is 13.2 Å². The van der Waals surface area contributed by atoms with Gasteiger partial charge in [0.05, 0.1) is 25.3 Å². The maximum atomic E-state index is 12.8. The van der Waals surface area contributed by atoms with Crippen LogP contribution in [0.2, 0.25) is 0 Å². The summed E-state index contributed by atoms with van der Waals surface area (Å²) < 4.78 is 11.4. The molecule has 2 heterocycles. The largest absolute Gasteiger partial charge is 0.444 e. The van der Waals surface area contributed by atoms with E-state index in [1.807, 2.05) is 25.7 Å². The molecule has 1 saturated heterocycles. The van der Waals surface area contributed by atoms with Gasteiger partial charge in [0, 0.05) is 0 Å². The maximum absolute atomic E-state index is 12.8. The fraction of sp³-hybridized carbons (Fsp3) is 0.458. The van der Waals surface area contributed by atoms with Crippen molar-refractivity contribution in [2.45, 2.75) is 57.7 Å². The zero-order valence-corrected chi connectivity index (χ0v) is 16.8. The monoisotopic (exact) mass is 377 g/mol. The van der Waals surface area contributed by atoms with Crippen LogP contribution >= 0.6 is 0 Å². The van der Waals surface area contributed by atoms with Crippen LogP contribution in [0.25, 0.3) is 16.3 Å². The molecule has 2 aromatic carbocycles. The minimum Gasteiger partial charge on any atom is -0.444 e. The summed E-state index contributed by atoms with van der Waals surface area (Å²) in [7, 11) is 0. The SMILES string of the molecule is CC(C)(C)OC(=O)N1C2C=C(c3ccc4c5c(cccc35)CC4)CC1COC2. The van der Waals surface area contributed by atoms with Crippen LogP contribution in [0.5, 0.6) is 0 Å². The van der Waals surface area contributed by atoms with E-state index >= 15 is 0 Å². The summed E-state index contributed by atoms with van der Waals surface area (Å²) >= 11 is 0. The molecule has 5 rings (SSSR count). The average molecular weight is 377 g/mol. The van der Waals surface area contributed by atoms with Crippen molar-refractivity contribution < 1.29 is 14.3 Å².